The van der Waals surface area contributed by atoms with Gasteiger partial charge in [0.15, 0.2) is 9.84 Å². The molecule has 0 aliphatic heterocycles. The zero-order valence-corrected chi connectivity index (χ0v) is 12.4. The summed E-state index contributed by atoms with van der Waals surface area (Å²) in [5, 5.41) is -3.45. The number of rotatable bonds is 9. The monoisotopic (exact) mass is 334 g/mol. The van der Waals surface area contributed by atoms with Gasteiger partial charge in [-0.25, -0.2) is 17.6 Å². The molecule has 0 heterocycles. The van der Waals surface area contributed by atoms with Crippen LogP contribution in [-0.2, 0) is 19.4 Å². The van der Waals surface area contributed by atoms with Gasteiger partial charge in [-0.05, 0) is 19.3 Å². The van der Waals surface area contributed by atoms with Gasteiger partial charge in [0.25, 0.3) is 0 Å². The number of alkyl halides is 4. The summed E-state index contributed by atoms with van der Waals surface area (Å²) in [7, 11) is -4.16. The molecule has 0 aliphatic carbocycles. The summed E-state index contributed by atoms with van der Waals surface area (Å²) >= 11 is 0. The number of allylic oxidation sites excluding steroid dienone is 1. The first-order chi connectivity index (χ1) is 9.50. The Morgan fingerprint density at radius 3 is 2.19 bits per heavy atom. The van der Waals surface area contributed by atoms with E-state index in [1.807, 2.05) is 0 Å². The predicted molar refractivity (Wildman–Crippen MR) is 69.0 cm³/mol. The van der Waals surface area contributed by atoms with Crippen LogP contribution in [0.1, 0.15) is 32.1 Å². The summed E-state index contributed by atoms with van der Waals surface area (Å²) in [5.74, 6) is -3.19. The van der Waals surface area contributed by atoms with Crippen molar-refractivity contribution >= 4 is 15.8 Å². The predicted octanol–water partition coefficient (Wildman–Crippen LogP) is 2.94. The van der Waals surface area contributed by atoms with Crippen LogP contribution in [0.5, 0.6) is 0 Å². The topological polar surface area (TPSA) is 60.4 Å². The molecule has 0 spiro atoms. The van der Waals surface area contributed by atoms with Gasteiger partial charge < -0.3 is 4.74 Å². The quantitative estimate of drug-likeness (QED) is 0.281. The third kappa shape index (κ3) is 6.03. The van der Waals surface area contributed by atoms with Gasteiger partial charge in [0.1, 0.15) is 0 Å². The Kier molecular flexibility index (Phi) is 7.35. The molecule has 0 fully saturated rings. The molecule has 4 nitrogen and oxygen atoms in total. The van der Waals surface area contributed by atoms with Crippen molar-refractivity contribution in [1.29, 1.82) is 0 Å². The number of unbranched alkanes of at least 4 members (excludes halogenated alkanes) is 2. The van der Waals surface area contributed by atoms with E-state index < -0.39 is 45.6 Å². The lowest BCUT2D eigenvalue weighted by molar-refractivity contribution is -0.149. The highest BCUT2D eigenvalue weighted by atomic mass is 32.2. The van der Waals surface area contributed by atoms with Gasteiger partial charge >= 0.3 is 17.1 Å². The van der Waals surface area contributed by atoms with Crippen LogP contribution in [0.4, 0.5) is 17.6 Å². The van der Waals surface area contributed by atoms with Gasteiger partial charge in [-0.15, -0.1) is 6.58 Å². The van der Waals surface area contributed by atoms with Gasteiger partial charge in [0.2, 0.25) is 0 Å². The van der Waals surface area contributed by atoms with Crippen LogP contribution in [0.3, 0.4) is 0 Å². The number of methoxy groups -OCH3 is 1. The van der Waals surface area contributed by atoms with Gasteiger partial charge in [-0.2, -0.15) is 13.2 Å². The van der Waals surface area contributed by atoms with Crippen LogP contribution in [0, 0.1) is 0 Å². The van der Waals surface area contributed by atoms with Crippen LogP contribution in [0.25, 0.3) is 0 Å². The molecule has 1 unspecified atom stereocenters. The van der Waals surface area contributed by atoms with Crippen molar-refractivity contribution < 1.29 is 35.5 Å². The number of hydrogen-bond acceptors (Lipinski definition) is 4. The molecule has 9 heteroatoms. The number of hydrogen-bond donors (Lipinski definition) is 0. The zero-order chi connectivity index (χ0) is 16.7. The summed E-state index contributed by atoms with van der Waals surface area (Å²) < 4.78 is 78.4. The van der Waals surface area contributed by atoms with Crippen LogP contribution < -0.4 is 0 Å². The van der Waals surface area contributed by atoms with E-state index in [0.29, 0.717) is 12.8 Å². The Morgan fingerprint density at radius 2 is 1.76 bits per heavy atom. The number of sulfone groups is 1. The molecule has 0 aromatic heterocycles. The van der Waals surface area contributed by atoms with E-state index in [1.165, 1.54) is 6.08 Å². The number of ether oxygens (including phenoxy) is 1. The van der Waals surface area contributed by atoms with Crippen molar-refractivity contribution in [2.75, 3.05) is 12.9 Å². The molecule has 0 saturated carbocycles. The van der Waals surface area contributed by atoms with Crippen molar-refractivity contribution in [1.82, 2.24) is 0 Å². The number of carbonyl (C=O) groups is 1. The summed E-state index contributed by atoms with van der Waals surface area (Å²) in [6.07, 6.45) is -4.86. The molecule has 124 valence electrons. The normalized spacial score (nSPS) is 15.3. The first kappa shape index (κ1) is 19.9. The van der Waals surface area contributed by atoms with E-state index in [1.54, 1.807) is 0 Å². The molecular formula is C12H18F4O4S. The summed E-state index contributed by atoms with van der Waals surface area (Å²) in [5.41, 5.74) is 0. The maximum atomic E-state index is 14.5. The highest BCUT2D eigenvalue weighted by Crippen LogP contribution is 2.31. The van der Waals surface area contributed by atoms with E-state index >= 15 is 0 Å². The largest absolute Gasteiger partial charge is 0.466 e. The highest BCUT2D eigenvalue weighted by molar-refractivity contribution is 7.93. The smallest absolute Gasteiger partial charge is 0.390 e. The Morgan fingerprint density at radius 1 is 1.19 bits per heavy atom. The SMILES string of the molecule is C=CCCCCC(F)(C(=O)OC)S(=O)(=O)CCC(F)(F)F. The Balaban J connectivity index is 5.10. The first-order valence-corrected chi connectivity index (χ1v) is 7.82. The molecule has 0 N–H and O–H groups in total. The van der Waals surface area contributed by atoms with Crippen molar-refractivity contribution in [3.63, 3.8) is 0 Å². The molecule has 0 bridgehead atoms. The maximum Gasteiger partial charge on any atom is 0.390 e. The second kappa shape index (κ2) is 7.77. The van der Waals surface area contributed by atoms with Crippen LogP contribution in [-0.4, -0.2) is 38.4 Å². The second-order valence-electron chi connectivity index (χ2n) is 4.44. The third-order valence-electron chi connectivity index (χ3n) is 2.79. The molecule has 0 aromatic carbocycles. The molecule has 0 saturated heterocycles. The minimum atomic E-state index is -4.94. The molecule has 1 atom stereocenters. The number of halogens is 4. The minimum absolute atomic E-state index is 0.00285. The van der Waals surface area contributed by atoms with E-state index in [0.717, 1.165) is 7.11 Å². The molecule has 0 aliphatic rings. The first-order valence-electron chi connectivity index (χ1n) is 6.17. The average molecular weight is 334 g/mol. The van der Waals surface area contributed by atoms with Crippen molar-refractivity contribution in [2.45, 2.75) is 43.3 Å². The Labute approximate surface area is 121 Å². The fourth-order valence-electron chi connectivity index (χ4n) is 1.59. The zero-order valence-electron chi connectivity index (χ0n) is 11.6. The number of esters is 1. The van der Waals surface area contributed by atoms with Gasteiger partial charge in [0, 0.05) is 6.42 Å². The summed E-state index contributed by atoms with van der Waals surface area (Å²) in [6, 6.07) is 0. The van der Waals surface area contributed by atoms with Gasteiger partial charge in [-0.1, -0.05) is 6.08 Å². The molecule has 0 rings (SSSR count). The lowest BCUT2D eigenvalue weighted by Crippen LogP contribution is -2.45. The molecule has 21 heavy (non-hydrogen) atoms. The maximum absolute atomic E-state index is 14.5. The molecule has 0 amide bonds. The molecule has 0 aromatic rings. The van der Waals surface area contributed by atoms with Crippen molar-refractivity contribution in [3.8, 4) is 0 Å². The van der Waals surface area contributed by atoms with Gasteiger partial charge in [-0.3, -0.25) is 0 Å². The molecular weight excluding hydrogens is 316 g/mol. The fourth-order valence-corrected chi connectivity index (χ4v) is 3.21. The summed E-state index contributed by atoms with van der Waals surface area (Å²) in [6.45, 7) is 3.42. The standard InChI is InChI=1S/C12H18F4O4S/c1-3-4-5-6-7-11(13,10(17)20-2)21(18,19)9-8-12(14,15)16/h3H,1,4-9H2,2H3. The van der Waals surface area contributed by atoms with Crippen LogP contribution >= 0.6 is 0 Å². The van der Waals surface area contributed by atoms with Crippen LogP contribution in [0.15, 0.2) is 12.7 Å². The fraction of sp³-hybridized carbons (Fsp3) is 0.750. The Hall–Kier alpha value is -1.12. The lowest BCUT2D eigenvalue weighted by Gasteiger charge is -2.23. The lowest BCUT2D eigenvalue weighted by atomic mass is 10.1. The van der Waals surface area contributed by atoms with E-state index in [9.17, 15) is 30.8 Å². The average Bonchev–Trinajstić information content (AvgIpc) is 2.39. The second-order valence-corrected chi connectivity index (χ2v) is 6.72. The third-order valence-corrected chi connectivity index (χ3v) is 4.89. The Bertz CT molecular complexity index is 458. The van der Waals surface area contributed by atoms with Crippen molar-refractivity contribution in [3.05, 3.63) is 12.7 Å². The highest BCUT2D eigenvalue weighted by Gasteiger charge is 2.52. The number of carbonyl (C=O) groups excluding carboxylic acids is 1. The van der Waals surface area contributed by atoms with E-state index in [4.69, 9.17) is 0 Å². The van der Waals surface area contributed by atoms with Crippen LogP contribution in [0.2, 0.25) is 0 Å². The van der Waals surface area contributed by atoms with Gasteiger partial charge in [0.05, 0.1) is 19.3 Å². The summed E-state index contributed by atoms with van der Waals surface area (Å²) in [4.78, 5) is 11.4. The van der Waals surface area contributed by atoms with Crippen molar-refractivity contribution in [2.24, 2.45) is 0 Å². The minimum Gasteiger partial charge on any atom is -0.466 e. The molecule has 0 radical (unpaired) electrons. The van der Waals surface area contributed by atoms with E-state index in [2.05, 4.69) is 11.3 Å². The van der Waals surface area contributed by atoms with E-state index in [-0.39, 0.29) is 6.42 Å².